The third-order valence-corrected chi connectivity index (χ3v) is 3.33. The summed E-state index contributed by atoms with van der Waals surface area (Å²) in [6.07, 6.45) is 0. The van der Waals surface area contributed by atoms with Crippen molar-refractivity contribution in [1.29, 1.82) is 5.26 Å². The van der Waals surface area contributed by atoms with Crippen LogP contribution in [0.4, 0.5) is 15.8 Å². The standard InChI is InChI=1S/C12H8FN3O2S/c13-11-4-9(1-2-12(11)16(17)18)15-6-10-3-8(5-14)7-19-10/h1-4,7,15H,6H2. The highest BCUT2D eigenvalue weighted by atomic mass is 32.1. The lowest BCUT2D eigenvalue weighted by molar-refractivity contribution is -0.387. The number of nitro groups is 1. The van der Waals surface area contributed by atoms with E-state index in [1.54, 1.807) is 11.4 Å². The number of rotatable bonds is 4. The number of anilines is 1. The third-order valence-electron chi connectivity index (χ3n) is 2.39. The van der Waals surface area contributed by atoms with Crippen molar-refractivity contribution in [2.24, 2.45) is 0 Å². The van der Waals surface area contributed by atoms with Gasteiger partial charge in [-0.05, 0) is 12.1 Å². The van der Waals surface area contributed by atoms with E-state index in [0.717, 1.165) is 17.0 Å². The third kappa shape index (κ3) is 3.05. The van der Waals surface area contributed by atoms with Crippen molar-refractivity contribution in [3.63, 3.8) is 0 Å². The average Bonchev–Trinajstić information content (AvgIpc) is 2.84. The molecule has 0 radical (unpaired) electrons. The molecule has 7 heteroatoms. The summed E-state index contributed by atoms with van der Waals surface area (Å²) in [6, 6.07) is 7.40. The van der Waals surface area contributed by atoms with Crippen LogP contribution in [0.2, 0.25) is 0 Å². The van der Waals surface area contributed by atoms with Crippen LogP contribution in [0.5, 0.6) is 0 Å². The van der Waals surface area contributed by atoms with E-state index in [2.05, 4.69) is 5.32 Å². The van der Waals surface area contributed by atoms with E-state index in [0.29, 0.717) is 17.8 Å². The number of hydrogen-bond donors (Lipinski definition) is 1. The largest absolute Gasteiger partial charge is 0.380 e. The molecule has 0 bridgehead atoms. The van der Waals surface area contributed by atoms with Crippen molar-refractivity contribution in [3.05, 3.63) is 56.0 Å². The summed E-state index contributed by atoms with van der Waals surface area (Å²) >= 11 is 1.42. The molecule has 0 aliphatic heterocycles. The zero-order valence-corrected chi connectivity index (χ0v) is 10.4. The molecule has 0 atom stereocenters. The summed E-state index contributed by atoms with van der Waals surface area (Å²) in [6.45, 7) is 0.434. The molecule has 0 saturated heterocycles. The average molecular weight is 277 g/mol. The van der Waals surface area contributed by atoms with Gasteiger partial charge in [0, 0.05) is 34.6 Å². The molecular formula is C12H8FN3O2S. The van der Waals surface area contributed by atoms with Gasteiger partial charge in [0.25, 0.3) is 0 Å². The number of nitro benzene ring substituents is 1. The van der Waals surface area contributed by atoms with Gasteiger partial charge in [0.2, 0.25) is 5.82 Å². The van der Waals surface area contributed by atoms with E-state index < -0.39 is 16.4 Å². The van der Waals surface area contributed by atoms with Crippen LogP contribution >= 0.6 is 11.3 Å². The van der Waals surface area contributed by atoms with Gasteiger partial charge in [-0.3, -0.25) is 10.1 Å². The van der Waals surface area contributed by atoms with Gasteiger partial charge in [-0.1, -0.05) is 0 Å². The molecule has 0 spiro atoms. The lowest BCUT2D eigenvalue weighted by Crippen LogP contribution is -1.99. The topological polar surface area (TPSA) is 79.0 Å². The molecular weight excluding hydrogens is 269 g/mol. The second-order valence-corrected chi connectivity index (χ2v) is 4.69. The number of benzene rings is 1. The smallest absolute Gasteiger partial charge is 0.304 e. The van der Waals surface area contributed by atoms with Crippen LogP contribution in [-0.2, 0) is 6.54 Å². The lowest BCUT2D eigenvalue weighted by Gasteiger charge is -2.04. The van der Waals surface area contributed by atoms with Gasteiger partial charge >= 0.3 is 5.69 Å². The van der Waals surface area contributed by atoms with Gasteiger partial charge < -0.3 is 5.32 Å². The van der Waals surface area contributed by atoms with E-state index in [4.69, 9.17) is 5.26 Å². The van der Waals surface area contributed by atoms with Crippen LogP contribution in [0, 0.1) is 27.3 Å². The summed E-state index contributed by atoms with van der Waals surface area (Å²) in [7, 11) is 0. The molecule has 0 fully saturated rings. The first kappa shape index (κ1) is 13.0. The molecule has 2 rings (SSSR count). The Morgan fingerprint density at radius 2 is 2.26 bits per heavy atom. The molecule has 19 heavy (non-hydrogen) atoms. The Morgan fingerprint density at radius 3 is 2.84 bits per heavy atom. The Kier molecular flexibility index (Phi) is 3.73. The highest BCUT2D eigenvalue weighted by Gasteiger charge is 2.13. The Morgan fingerprint density at radius 1 is 1.47 bits per heavy atom. The molecule has 5 nitrogen and oxygen atoms in total. The van der Waals surface area contributed by atoms with Crippen LogP contribution in [0.25, 0.3) is 0 Å². The van der Waals surface area contributed by atoms with Crippen molar-refractivity contribution in [1.82, 2.24) is 0 Å². The minimum atomic E-state index is -0.876. The molecule has 1 aromatic heterocycles. The monoisotopic (exact) mass is 277 g/mol. The summed E-state index contributed by atoms with van der Waals surface area (Å²) in [5, 5.41) is 23.8. The van der Waals surface area contributed by atoms with Crippen molar-refractivity contribution in [3.8, 4) is 6.07 Å². The number of nitrogens with zero attached hydrogens (tertiary/aromatic N) is 2. The zero-order valence-electron chi connectivity index (χ0n) is 9.59. The van der Waals surface area contributed by atoms with E-state index in [-0.39, 0.29) is 0 Å². The fraction of sp³-hybridized carbons (Fsp3) is 0.0833. The number of hydrogen-bond acceptors (Lipinski definition) is 5. The minimum absolute atomic E-state index is 0.434. The molecule has 0 amide bonds. The van der Waals surface area contributed by atoms with Gasteiger partial charge in [-0.15, -0.1) is 11.3 Å². The molecule has 0 aliphatic carbocycles. The summed E-state index contributed by atoms with van der Waals surface area (Å²) in [4.78, 5) is 10.6. The van der Waals surface area contributed by atoms with Gasteiger partial charge in [-0.25, -0.2) is 0 Å². The SMILES string of the molecule is N#Cc1csc(CNc2ccc([N+](=O)[O-])c(F)c2)c1. The Balaban J connectivity index is 2.06. The van der Waals surface area contributed by atoms with E-state index in [9.17, 15) is 14.5 Å². The van der Waals surface area contributed by atoms with Gasteiger partial charge in [0.05, 0.1) is 10.5 Å². The van der Waals surface area contributed by atoms with E-state index >= 15 is 0 Å². The predicted octanol–water partition coefficient (Wildman–Crippen LogP) is 3.28. The predicted molar refractivity (Wildman–Crippen MR) is 69.4 cm³/mol. The van der Waals surface area contributed by atoms with Crippen molar-refractivity contribution >= 4 is 22.7 Å². The maximum atomic E-state index is 13.4. The van der Waals surface area contributed by atoms with Crippen molar-refractivity contribution in [2.75, 3.05) is 5.32 Å². The minimum Gasteiger partial charge on any atom is -0.380 e. The molecule has 0 unspecified atom stereocenters. The molecule has 0 aliphatic rings. The van der Waals surface area contributed by atoms with Crippen LogP contribution < -0.4 is 5.32 Å². The fourth-order valence-electron chi connectivity index (χ4n) is 1.49. The number of nitriles is 1. The number of nitrogens with one attached hydrogen (secondary N) is 1. The van der Waals surface area contributed by atoms with Gasteiger partial charge in [0.15, 0.2) is 0 Å². The maximum absolute atomic E-state index is 13.4. The van der Waals surface area contributed by atoms with Crippen LogP contribution in [0.1, 0.15) is 10.4 Å². The molecule has 2 aromatic rings. The molecule has 0 saturated carbocycles. The fourth-order valence-corrected chi connectivity index (χ4v) is 2.24. The molecule has 1 N–H and O–H groups in total. The number of halogens is 1. The second kappa shape index (κ2) is 5.46. The van der Waals surface area contributed by atoms with Crippen molar-refractivity contribution < 1.29 is 9.31 Å². The van der Waals surface area contributed by atoms with Gasteiger partial charge in [0.1, 0.15) is 6.07 Å². The van der Waals surface area contributed by atoms with Gasteiger partial charge in [-0.2, -0.15) is 9.65 Å². The van der Waals surface area contributed by atoms with Crippen LogP contribution in [0.3, 0.4) is 0 Å². The second-order valence-electron chi connectivity index (χ2n) is 3.69. The number of thiophene rings is 1. The van der Waals surface area contributed by atoms with E-state index in [1.165, 1.54) is 17.4 Å². The van der Waals surface area contributed by atoms with Crippen LogP contribution in [-0.4, -0.2) is 4.92 Å². The lowest BCUT2D eigenvalue weighted by atomic mass is 10.2. The Bertz CT molecular complexity index is 663. The summed E-state index contributed by atoms with van der Waals surface area (Å²) in [5.41, 5.74) is 0.486. The Hall–Kier alpha value is -2.46. The zero-order chi connectivity index (χ0) is 13.8. The first-order valence-corrected chi connectivity index (χ1v) is 6.13. The normalized spacial score (nSPS) is 9.89. The molecule has 1 aromatic carbocycles. The quantitative estimate of drug-likeness (QED) is 0.687. The van der Waals surface area contributed by atoms with E-state index in [1.807, 2.05) is 6.07 Å². The molecule has 1 heterocycles. The first-order chi connectivity index (χ1) is 9.10. The highest BCUT2D eigenvalue weighted by molar-refractivity contribution is 7.10. The van der Waals surface area contributed by atoms with Crippen molar-refractivity contribution in [2.45, 2.75) is 6.54 Å². The highest BCUT2D eigenvalue weighted by Crippen LogP contribution is 2.22. The molecule has 96 valence electrons. The maximum Gasteiger partial charge on any atom is 0.304 e. The Labute approximate surface area is 112 Å². The first-order valence-electron chi connectivity index (χ1n) is 5.25. The summed E-state index contributed by atoms with van der Waals surface area (Å²) < 4.78 is 13.4. The summed E-state index contributed by atoms with van der Waals surface area (Å²) in [5.74, 6) is -0.876. The van der Waals surface area contributed by atoms with Crippen LogP contribution in [0.15, 0.2) is 29.6 Å².